The van der Waals surface area contributed by atoms with Gasteiger partial charge in [0.2, 0.25) is 0 Å². The lowest BCUT2D eigenvalue weighted by Gasteiger charge is -2.37. The van der Waals surface area contributed by atoms with Crippen molar-refractivity contribution in [2.45, 2.75) is 16.9 Å². The lowest BCUT2D eigenvalue weighted by Crippen LogP contribution is -2.46. The number of aryl methyl sites for hydroxylation is 1. The van der Waals surface area contributed by atoms with Crippen LogP contribution < -0.4 is 14.8 Å². The third kappa shape index (κ3) is 4.54. The van der Waals surface area contributed by atoms with Crippen molar-refractivity contribution in [3.63, 3.8) is 0 Å². The van der Waals surface area contributed by atoms with E-state index in [2.05, 4.69) is 21.1 Å². The van der Waals surface area contributed by atoms with E-state index in [1.165, 1.54) is 12.1 Å². The minimum Gasteiger partial charge on any atom is -0.456 e. The second-order valence-electron chi connectivity index (χ2n) is 8.32. The van der Waals surface area contributed by atoms with Crippen LogP contribution in [-0.2, 0) is 12.6 Å². The van der Waals surface area contributed by atoms with Crippen LogP contribution in [0.25, 0.3) is 0 Å². The highest BCUT2D eigenvalue weighted by Gasteiger charge is 2.39. The molecule has 3 aromatic carbocycles. The quantitative estimate of drug-likeness (QED) is 0.385. The first-order valence-corrected chi connectivity index (χ1v) is 12.1. The predicted molar refractivity (Wildman–Crippen MR) is 134 cm³/mol. The molecule has 1 aliphatic rings. The maximum atomic E-state index is 14.0. The molecule has 1 unspecified atom stereocenters. The number of fused-ring (bicyclic) bond motifs is 4. The van der Waals surface area contributed by atoms with Crippen LogP contribution >= 0.6 is 11.9 Å². The molecule has 0 fully saturated rings. The number of aromatic nitrogens is 2. The van der Waals surface area contributed by atoms with Crippen LogP contribution in [0.1, 0.15) is 28.8 Å². The molecule has 0 saturated heterocycles. The first kappa shape index (κ1) is 23.1. The molecule has 2 heterocycles. The molecule has 4 aromatic rings. The molecular formula is C27H24FN5OS. The fraction of sp³-hybridized carbons (Fsp3) is 0.185. The van der Waals surface area contributed by atoms with Crippen molar-refractivity contribution in [1.82, 2.24) is 19.6 Å². The van der Waals surface area contributed by atoms with Crippen molar-refractivity contribution in [2.75, 3.05) is 13.1 Å². The lowest BCUT2D eigenvalue weighted by molar-refractivity contribution is 0.436. The van der Waals surface area contributed by atoms with Gasteiger partial charge in [-0.2, -0.15) is 5.26 Å². The van der Waals surface area contributed by atoms with Gasteiger partial charge in [0.05, 0.1) is 23.8 Å². The fourth-order valence-electron chi connectivity index (χ4n) is 4.41. The predicted octanol–water partition coefficient (Wildman–Crippen LogP) is 5.11. The number of hydrogen-bond donors (Lipinski definition) is 2. The van der Waals surface area contributed by atoms with E-state index in [4.69, 9.17) is 4.74 Å². The molecule has 0 spiro atoms. The van der Waals surface area contributed by atoms with Crippen molar-refractivity contribution >= 4 is 11.9 Å². The second-order valence-corrected chi connectivity index (χ2v) is 9.29. The number of hydrogen-bond acceptors (Lipinski definition) is 6. The van der Waals surface area contributed by atoms with Crippen LogP contribution in [0.15, 0.2) is 84.1 Å². The van der Waals surface area contributed by atoms with Gasteiger partial charge in [0.1, 0.15) is 28.9 Å². The van der Waals surface area contributed by atoms with Gasteiger partial charge in [0, 0.05) is 18.5 Å². The average molecular weight is 486 g/mol. The summed E-state index contributed by atoms with van der Waals surface area (Å²) in [5.41, 5.74) is 2.17. The minimum atomic E-state index is -0.857. The summed E-state index contributed by atoms with van der Waals surface area (Å²) in [6.07, 6.45) is 4.42. The van der Waals surface area contributed by atoms with Gasteiger partial charge in [-0.1, -0.05) is 24.3 Å². The highest BCUT2D eigenvalue weighted by Crippen LogP contribution is 2.40. The average Bonchev–Trinajstić information content (AvgIpc) is 3.30. The van der Waals surface area contributed by atoms with E-state index >= 15 is 0 Å². The molecule has 1 aromatic heterocycles. The summed E-state index contributed by atoms with van der Waals surface area (Å²) < 4.78 is 25.6. The molecule has 8 heteroatoms. The Kier molecular flexibility index (Phi) is 6.55. The maximum Gasteiger partial charge on any atom is 0.145 e. The number of imidazole rings is 1. The zero-order valence-electron chi connectivity index (χ0n) is 19.2. The molecule has 0 aliphatic carbocycles. The maximum absolute atomic E-state index is 14.0. The smallest absolute Gasteiger partial charge is 0.145 e. The summed E-state index contributed by atoms with van der Waals surface area (Å²) in [5.74, 6) is 0.788. The Labute approximate surface area is 207 Å². The first-order chi connectivity index (χ1) is 17.1. The standard InChI is InChI=1S/C27H24FN5OS/c1-33-18-30-17-26(33)27(20-8-10-22(28)11-9-20)21-7-6-19(16-29)25(14-21)34-23-4-2-5-24(15-23)35-32-13-3-12-31-27/h2,4-11,14-15,17-18,31-32H,3,12-13H2,1H3. The topological polar surface area (TPSA) is 74.9 Å². The highest BCUT2D eigenvalue weighted by molar-refractivity contribution is 7.97. The number of benzene rings is 3. The first-order valence-electron chi connectivity index (χ1n) is 11.3. The van der Waals surface area contributed by atoms with Crippen LogP contribution in [0.2, 0.25) is 0 Å². The Morgan fingerprint density at radius 1 is 1.09 bits per heavy atom. The van der Waals surface area contributed by atoms with Gasteiger partial charge in [-0.3, -0.25) is 10.0 Å². The molecule has 1 aliphatic heterocycles. The Hall–Kier alpha value is -3.64. The summed E-state index contributed by atoms with van der Waals surface area (Å²) in [7, 11) is 1.94. The van der Waals surface area contributed by atoms with E-state index in [1.807, 2.05) is 54.2 Å². The number of ether oxygens (including phenoxy) is 1. The van der Waals surface area contributed by atoms with Gasteiger partial charge in [0.15, 0.2) is 0 Å². The molecule has 2 N–H and O–H groups in total. The fourth-order valence-corrected chi connectivity index (χ4v) is 5.14. The molecule has 0 amide bonds. The summed E-state index contributed by atoms with van der Waals surface area (Å²) in [5, 5.41) is 13.6. The zero-order chi connectivity index (χ0) is 24.3. The molecule has 0 radical (unpaired) electrons. The van der Waals surface area contributed by atoms with Gasteiger partial charge in [0.25, 0.3) is 0 Å². The summed E-state index contributed by atoms with van der Waals surface area (Å²) >= 11 is 1.54. The summed E-state index contributed by atoms with van der Waals surface area (Å²) in [6, 6.07) is 22.1. The Morgan fingerprint density at radius 3 is 2.69 bits per heavy atom. The van der Waals surface area contributed by atoms with Crippen molar-refractivity contribution in [3.05, 3.63) is 107 Å². The van der Waals surface area contributed by atoms with E-state index in [9.17, 15) is 9.65 Å². The normalized spacial score (nSPS) is 18.2. The van der Waals surface area contributed by atoms with Crippen LogP contribution in [0.3, 0.4) is 0 Å². The SMILES string of the molecule is Cn1cncc1C1(c2ccc(F)cc2)NCCCNSc2cccc(c2)Oc2cc1ccc2C#N. The van der Waals surface area contributed by atoms with E-state index < -0.39 is 5.54 Å². The third-order valence-electron chi connectivity index (χ3n) is 6.08. The van der Waals surface area contributed by atoms with E-state index in [-0.39, 0.29) is 5.82 Å². The number of rotatable bonds is 2. The Balaban J connectivity index is 1.75. The minimum absolute atomic E-state index is 0.306. The van der Waals surface area contributed by atoms with E-state index in [0.717, 1.165) is 34.7 Å². The van der Waals surface area contributed by atoms with E-state index in [0.29, 0.717) is 23.6 Å². The molecule has 0 saturated carbocycles. The number of nitriles is 1. The van der Waals surface area contributed by atoms with Crippen LogP contribution in [-0.4, -0.2) is 22.6 Å². The van der Waals surface area contributed by atoms with Crippen LogP contribution in [0.5, 0.6) is 11.5 Å². The molecule has 35 heavy (non-hydrogen) atoms. The number of halogens is 1. The van der Waals surface area contributed by atoms with Gasteiger partial charge in [-0.05, 0) is 78.5 Å². The van der Waals surface area contributed by atoms with Crippen LogP contribution in [0, 0.1) is 17.1 Å². The monoisotopic (exact) mass is 485 g/mol. The molecule has 1 atom stereocenters. The lowest BCUT2D eigenvalue weighted by atomic mass is 9.79. The molecule has 6 nitrogen and oxygen atoms in total. The highest BCUT2D eigenvalue weighted by atomic mass is 32.2. The van der Waals surface area contributed by atoms with Gasteiger partial charge >= 0.3 is 0 Å². The molecule has 4 bridgehead atoms. The largest absolute Gasteiger partial charge is 0.456 e. The second kappa shape index (κ2) is 9.92. The van der Waals surface area contributed by atoms with E-state index in [1.54, 1.807) is 36.5 Å². The van der Waals surface area contributed by atoms with Crippen molar-refractivity contribution in [3.8, 4) is 17.6 Å². The number of nitrogens with one attached hydrogen (secondary N) is 2. The Morgan fingerprint density at radius 2 is 1.91 bits per heavy atom. The Bertz CT molecular complexity index is 1380. The van der Waals surface area contributed by atoms with Crippen molar-refractivity contribution in [1.29, 1.82) is 5.26 Å². The zero-order valence-corrected chi connectivity index (χ0v) is 20.0. The third-order valence-corrected chi connectivity index (χ3v) is 6.92. The van der Waals surface area contributed by atoms with Crippen molar-refractivity contribution < 1.29 is 9.13 Å². The van der Waals surface area contributed by atoms with Gasteiger partial charge in [-0.15, -0.1) is 0 Å². The summed E-state index contributed by atoms with van der Waals surface area (Å²) in [6.45, 7) is 1.46. The van der Waals surface area contributed by atoms with Crippen molar-refractivity contribution in [2.24, 2.45) is 7.05 Å². The summed E-state index contributed by atoms with van der Waals surface area (Å²) in [4.78, 5) is 5.41. The molecular weight excluding hydrogens is 461 g/mol. The molecule has 176 valence electrons. The van der Waals surface area contributed by atoms with Gasteiger partial charge < -0.3 is 9.30 Å². The van der Waals surface area contributed by atoms with Crippen LogP contribution in [0.4, 0.5) is 4.39 Å². The molecule has 5 rings (SSSR count). The van der Waals surface area contributed by atoms with Gasteiger partial charge in [-0.25, -0.2) is 9.37 Å². The number of nitrogens with zero attached hydrogens (tertiary/aromatic N) is 3.